The van der Waals surface area contributed by atoms with Crippen molar-refractivity contribution in [1.82, 2.24) is 0 Å². The maximum absolute atomic E-state index is 10.9. The summed E-state index contributed by atoms with van der Waals surface area (Å²) in [6, 6.07) is 11.4. The lowest BCUT2D eigenvalue weighted by molar-refractivity contribution is -0.385. The molecular formula is C13H8ClNO3. The van der Waals surface area contributed by atoms with Crippen molar-refractivity contribution >= 4 is 23.6 Å². The summed E-state index contributed by atoms with van der Waals surface area (Å²) in [5.41, 5.74) is 1.27. The van der Waals surface area contributed by atoms with Gasteiger partial charge < -0.3 is 0 Å². The Hall–Kier alpha value is -2.20. The fraction of sp³-hybridized carbons (Fsp3) is 0. The van der Waals surface area contributed by atoms with Crippen LogP contribution in [0.5, 0.6) is 0 Å². The van der Waals surface area contributed by atoms with E-state index in [1.165, 1.54) is 12.1 Å². The topological polar surface area (TPSA) is 60.2 Å². The summed E-state index contributed by atoms with van der Waals surface area (Å²) in [5.74, 6) is 0. The number of nitro groups is 1. The number of hydrogen-bond acceptors (Lipinski definition) is 3. The number of hydrogen-bond donors (Lipinski definition) is 0. The van der Waals surface area contributed by atoms with Gasteiger partial charge in [-0.25, -0.2) is 0 Å². The van der Waals surface area contributed by atoms with Crippen LogP contribution in [-0.2, 0) is 0 Å². The molecule has 0 saturated heterocycles. The van der Waals surface area contributed by atoms with E-state index in [0.29, 0.717) is 16.9 Å². The molecule has 2 rings (SSSR count). The molecule has 0 aliphatic rings. The molecule has 2 aromatic carbocycles. The van der Waals surface area contributed by atoms with Gasteiger partial charge in [0.15, 0.2) is 6.29 Å². The van der Waals surface area contributed by atoms with Crippen LogP contribution in [0, 0.1) is 10.1 Å². The van der Waals surface area contributed by atoms with E-state index >= 15 is 0 Å². The molecular weight excluding hydrogens is 254 g/mol. The van der Waals surface area contributed by atoms with Gasteiger partial charge in [-0.15, -0.1) is 0 Å². The Morgan fingerprint density at radius 3 is 2.44 bits per heavy atom. The Morgan fingerprint density at radius 1 is 1.11 bits per heavy atom. The Balaban J connectivity index is 2.56. The number of benzene rings is 2. The van der Waals surface area contributed by atoms with Gasteiger partial charge in [0, 0.05) is 11.1 Å². The van der Waals surface area contributed by atoms with E-state index in [-0.39, 0.29) is 11.3 Å². The average Bonchev–Trinajstić information content (AvgIpc) is 2.38. The van der Waals surface area contributed by atoms with Gasteiger partial charge in [-0.3, -0.25) is 14.9 Å². The molecule has 0 atom stereocenters. The minimum absolute atomic E-state index is 0.0609. The number of aldehydes is 1. The maximum atomic E-state index is 10.9. The highest BCUT2D eigenvalue weighted by Crippen LogP contribution is 2.27. The highest BCUT2D eigenvalue weighted by molar-refractivity contribution is 6.30. The van der Waals surface area contributed by atoms with Crippen LogP contribution in [0.25, 0.3) is 11.1 Å². The second-order valence-electron chi connectivity index (χ2n) is 3.66. The van der Waals surface area contributed by atoms with Crippen molar-refractivity contribution in [2.75, 3.05) is 0 Å². The standard InChI is InChI=1S/C13H8ClNO3/c14-12-3-1-2-9(6-12)10-4-5-11(8-16)13(7-10)15(17)18/h1-8H. The molecule has 4 nitrogen and oxygen atoms in total. The molecule has 0 N–H and O–H groups in total. The number of rotatable bonds is 3. The number of halogens is 1. The van der Waals surface area contributed by atoms with Crippen molar-refractivity contribution in [3.63, 3.8) is 0 Å². The van der Waals surface area contributed by atoms with E-state index in [2.05, 4.69) is 0 Å². The Labute approximate surface area is 108 Å². The molecule has 0 aliphatic heterocycles. The smallest absolute Gasteiger partial charge is 0.280 e. The number of nitro benzene ring substituents is 1. The van der Waals surface area contributed by atoms with Crippen LogP contribution >= 0.6 is 11.6 Å². The van der Waals surface area contributed by atoms with Gasteiger partial charge in [-0.1, -0.05) is 29.8 Å². The molecule has 5 heteroatoms. The van der Waals surface area contributed by atoms with Crippen LogP contribution in [0.15, 0.2) is 42.5 Å². The second-order valence-corrected chi connectivity index (χ2v) is 4.10. The molecule has 0 aromatic heterocycles. The minimum atomic E-state index is -0.572. The molecule has 18 heavy (non-hydrogen) atoms. The van der Waals surface area contributed by atoms with Crippen molar-refractivity contribution < 1.29 is 9.72 Å². The van der Waals surface area contributed by atoms with Gasteiger partial charge in [-0.05, 0) is 29.3 Å². The molecule has 0 amide bonds. The average molecular weight is 262 g/mol. The highest BCUT2D eigenvalue weighted by Gasteiger charge is 2.14. The fourth-order valence-electron chi connectivity index (χ4n) is 1.65. The Bertz CT molecular complexity index is 625. The first kappa shape index (κ1) is 12.3. The molecule has 90 valence electrons. The summed E-state index contributed by atoms with van der Waals surface area (Å²) >= 11 is 5.87. The largest absolute Gasteiger partial charge is 0.298 e. The quantitative estimate of drug-likeness (QED) is 0.480. The van der Waals surface area contributed by atoms with E-state index in [1.54, 1.807) is 30.3 Å². The number of carbonyl (C=O) groups excluding carboxylic acids is 1. The van der Waals surface area contributed by atoms with Gasteiger partial charge in [0.25, 0.3) is 5.69 Å². The zero-order valence-corrected chi connectivity index (χ0v) is 9.92. The molecule has 0 heterocycles. The first-order valence-electron chi connectivity index (χ1n) is 5.11. The molecule has 0 spiro atoms. The van der Waals surface area contributed by atoms with Gasteiger partial charge in [0.1, 0.15) is 0 Å². The van der Waals surface area contributed by atoms with Crippen molar-refractivity contribution in [1.29, 1.82) is 0 Å². The predicted molar refractivity (Wildman–Crippen MR) is 68.9 cm³/mol. The lowest BCUT2D eigenvalue weighted by Gasteiger charge is -2.03. The van der Waals surface area contributed by atoms with Crippen molar-refractivity contribution in [3.8, 4) is 11.1 Å². The van der Waals surface area contributed by atoms with Crippen LogP contribution in [0.3, 0.4) is 0 Å². The molecule has 0 radical (unpaired) electrons. The zero-order chi connectivity index (χ0) is 13.1. The van der Waals surface area contributed by atoms with Crippen LogP contribution in [0.1, 0.15) is 10.4 Å². The SMILES string of the molecule is O=Cc1ccc(-c2cccc(Cl)c2)cc1[N+](=O)[O-]. The lowest BCUT2D eigenvalue weighted by Crippen LogP contribution is -1.94. The van der Waals surface area contributed by atoms with E-state index in [4.69, 9.17) is 11.6 Å². The molecule has 0 aliphatic carbocycles. The summed E-state index contributed by atoms with van der Waals surface area (Å²) in [6.45, 7) is 0. The first-order chi connectivity index (χ1) is 8.61. The van der Waals surface area contributed by atoms with E-state index in [1.807, 2.05) is 0 Å². The third-order valence-electron chi connectivity index (χ3n) is 2.51. The Morgan fingerprint density at radius 2 is 1.83 bits per heavy atom. The highest BCUT2D eigenvalue weighted by atomic mass is 35.5. The normalized spacial score (nSPS) is 10.1. The summed E-state index contributed by atoms with van der Waals surface area (Å²) in [5, 5.41) is 11.4. The van der Waals surface area contributed by atoms with Crippen molar-refractivity contribution in [2.45, 2.75) is 0 Å². The van der Waals surface area contributed by atoms with Gasteiger partial charge in [0.2, 0.25) is 0 Å². The van der Waals surface area contributed by atoms with Gasteiger partial charge >= 0.3 is 0 Å². The summed E-state index contributed by atoms with van der Waals surface area (Å²) < 4.78 is 0. The summed E-state index contributed by atoms with van der Waals surface area (Å²) in [4.78, 5) is 21.0. The Kier molecular flexibility index (Phi) is 3.39. The van der Waals surface area contributed by atoms with Crippen LogP contribution < -0.4 is 0 Å². The van der Waals surface area contributed by atoms with Crippen LogP contribution in [0.2, 0.25) is 5.02 Å². The van der Waals surface area contributed by atoms with Crippen LogP contribution in [0.4, 0.5) is 5.69 Å². The van der Waals surface area contributed by atoms with Gasteiger partial charge in [-0.2, -0.15) is 0 Å². The fourth-order valence-corrected chi connectivity index (χ4v) is 1.84. The molecule has 2 aromatic rings. The van der Waals surface area contributed by atoms with E-state index in [0.717, 1.165) is 5.56 Å². The third kappa shape index (κ3) is 2.38. The van der Waals surface area contributed by atoms with Crippen LogP contribution in [-0.4, -0.2) is 11.2 Å². The molecule has 0 bridgehead atoms. The first-order valence-corrected chi connectivity index (χ1v) is 5.49. The van der Waals surface area contributed by atoms with Crippen molar-refractivity contribution in [2.24, 2.45) is 0 Å². The number of carbonyl (C=O) groups is 1. The van der Waals surface area contributed by atoms with E-state index in [9.17, 15) is 14.9 Å². The maximum Gasteiger partial charge on any atom is 0.280 e. The molecule has 0 fully saturated rings. The third-order valence-corrected chi connectivity index (χ3v) is 2.75. The zero-order valence-electron chi connectivity index (χ0n) is 9.17. The summed E-state index contributed by atoms with van der Waals surface area (Å²) in [6.07, 6.45) is 0.472. The second kappa shape index (κ2) is 4.98. The monoisotopic (exact) mass is 261 g/mol. The van der Waals surface area contributed by atoms with Gasteiger partial charge in [0.05, 0.1) is 10.5 Å². The lowest BCUT2D eigenvalue weighted by atomic mass is 10.0. The van der Waals surface area contributed by atoms with Crippen molar-refractivity contribution in [3.05, 3.63) is 63.2 Å². The summed E-state index contributed by atoms with van der Waals surface area (Å²) in [7, 11) is 0. The predicted octanol–water partition coefficient (Wildman–Crippen LogP) is 3.73. The van der Waals surface area contributed by atoms with E-state index < -0.39 is 4.92 Å². The number of nitrogens with zero attached hydrogens (tertiary/aromatic N) is 1. The molecule has 0 saturated carbocycles. The molecule has 0 unspecified atom stereocenters. The minimum Gasteiger partial charge on any atom is -0.298 e.